The van der Waals surface area contributed by atoms with Crippen molar-refractivity contribution >= 4 is 23.2 Å². The SMILES string of the molecule is Cc1ccc(Cl)c(-c2cc(F)cc(Cl)c2C)c1F. The molecule has 0 atom stereocenters. The predicted molar refractivity (Wildman–Crippen MR) is 71.3 cm³/mol. The molecule has 0 radical (unpaired) electrons. The normalized spacial score (nSPS) is 10.8. The molecule has 0 spiro atoms. The van der Waals surface area contributed by atoms with Crippen LogP contribution in [0.5, 0.6) is 0 Å². The largest absolute Gasteiger partial charge is 0.207 e. The molecule has 0 aliphatic carbocycles. The van der Waals surface area contributed by atoms with Gasteiger partial charge in [0.1, 0.15) is 11.6 Å². The second-order valence-corrected chi connectivity index (χ2v) is 4.93. The Balaban J connectivity index is 2.81. The van der Waals surface area contributed by atoms with Crippen molar-refractivity contribution in [3.05, 3.63) is 57.1 Å². The molecule has 0 fully saturated rings. The van der Waals surface area contributed by atoms with Gasteiger partial charge in [0.2, 0.25) is 0 Å². The van der Waals surface area contributed by atoms with E-state index in [1.165, 1.54) is 12.1 Å². The fraction of sp³-hybridized carbons (Fsp3) is 0.143. The van der Waals surface area contributed by atoms with E-state index in [2.05, 4.69) is 0 Å². The minimum atomic E-state index is -0.516. The van der Waals surface area contributed by atoms with Crippen LogP contribution in [-0.2, 0) is 0 Å². The summed E-state index contributed by atoms with van der Waals surface area (Å²) in [5.74, 6) is -0.968. The van der Waals surface area contributed by atoms with Gasteiger partial charge in [0.25, 0.3) is 0 Å². The van der Waals surface area contributed by atoms with E-state index in [0.717, 1.165) is 0 Å². The summed E-state index contributed by atoms with van der Waals surface area (Å²) in [6.45, 7) is 3.33. The first kappa shape index (κ1) is 13.3. The molecule has 0 unspecified atom stereocenters. The molecule has 94 valence electrons. The summed E-state index contributed by atoms with van der Waals surface area (Å²) >= 11 is 11.9. The van der Waals surface area contributed by atoms with Gasteiger partial charge in [-0.2, -0.15) is 0 Å². The van der Waals surface area contributed by atoms with E-state index in [-0.39, 0.29) is 15.6 Å². The molecule has 0 aliphatic rings. The van der Waals surface area contributed by atoms with Crippen molar-refractivity contribution in [3.8, 4) is 11.1 Å². The van der Waals surface area contributed by atoms with Crippen molar-refractivity contribution in [2.75, 3.05) is 0 Å². The number of hydrogen-bond donors (Lipinski definition) is 0. The summed E-state index contributed by atoms with van der Waals surface area (Å²) in [6.07, 6.45) is 0. The molecule has 2 aromatic carbocycles. The molecule has 0 aliphatic heterocycles. The Morgan fingerprint density at radius 1 is 0.944 bits per heavy atom. The Morgan fingerprint density at radius 2 is 1.61 bits per heavy atom. The highest BCUT2D eigenvalue weighted by atomic mass is 35.5. The smallest absolute Gasteiger partial charge is 0.135 e. The lowest BCUT2D eigenvalue weighted by atomic mass is 9.98. The van der Waals surface area contributed by atoms with Gasteiger partial charge in [0, 0.05) is 10.6 Å². The molecule has 0 aromatic heterocycles. The molecule has 2 aromatic rings. The van der Waals surface area contributed by atoms with Gasteiger partial charge in [-0.1, -0.05) is 29.3 Å². The van der Waals surface area contributed by atoms with E-state index in [1.807, 2.05) is 0 Å². The van der Waals surface area contributed by atoms with Crippen molar-refractivity contribution in [1.29, 1.82) is 0 Å². The van der Waals surface area contributed by atoms with Crippen LogP contribution in [0.3, 0.4) is 0 Å². The second kappa shape index (κ2) is 4.87. The van der Waals surface area contributed by atoms with Gasteiger partial charge in [-0.25, -0.2) is 8.78 Å². The third-order valence-electron chi connectivity index (χ3n) is 2.86. The van der Waals surface area contributed by atoms with Crippen LogP contribution in [-0.4, -0.2) is 0 Å². The van der Waals surface area contributed by atoms with Crippen LogP contribution in [0.25, 0.3) is 11.1 Å². The monoisotopic (exact) mass is 286 g/mol. The Bertz CT molecular complexity index is 622. The molecule has 0 N–H and O–H groups in total. The van der Waals surface area contributed by atoms with Gasteiger partial charge in [0.05, 0.1) is 5.02 Å². The standard InChI is InChI=1S/C14H10Cl2F2/c1-7-3-4-11(15)13(14(7)18)10-5-9(17)6-12(16)8(10)2/h3-6H,1-2H3. The third kappa shape index (κ3) is 2.23. The average molecular weight is 287 g/mol. The van der Waals surface area contributed by atoms with Crippen molar-refractivity contribution in [2.24, 2.45) is 0 Å². The van der Waals surface area contributed by atoms with E-state index < -0.39 is 11.6 Å². The second-order valence-electron chi connectivity index (χ2n) is 4.11. The fourth-order valence-corrected chi connectivity index (χ4v) is 2.26. The van der Waals surface area contributed by atoms with Gasteiger partial charge >= 0.3 is 0 Å². The van der Waals surface area contributed by atoms with Gasteiger partial charge in [-0.3, -0.25) is 0 Å². The van der Waals surface area contributed by atoms with Crippen molar-refractivity contribution in [2.45, 2.75) is 13.8 Å². The molecule has 0 saturated heterocycles. The minimum Gasteiger partial charge on any atom is -0.207 e. The Labute approximate surface area is 114 Å². The highest BCUT2D eigenvalue weighted by molar-refractivity contribution is 6.34. The van der Waals surface area contributed by atoms with Gasteiger partial charge in [-0.15, -0.1) is 0 Å². The van der Waals surface area contributed by atoms with Crippen LogP contribution in [0.1, 0.15) is 11.1 Å². The van der Waals surface area contributed by atoms with Crippen LogP contribution >= 0.6 is 23.2 Å². The maximum atomic E-state index is 14.1. The predicted octanol–water partition coefficient (Wildman–Crippen LogP) is 5.56. The van der Waals surface area contributed by atoms with E-state index in [0.29, 0.717) is 16.7 Å². The zero-order valence-electron chi connectivity index (χ0n) is 9.82. The third-order valence-corrected chi connectivity index (χ3v) is 3.57. The fourth-order valence-electron chi connectivity index (χ4n) is 1.81. The Hall–Kier alpha value is -1.12. The van der Waals surface area contributed by atoms with E-state index >= 15 is 0 Å². The maximum absolute atomic E-state index is 14.1. The number of aryl methyl sites for hydroxylation is 1. The highest BCUT2D eigenvalue weighted by Gasteiger charge is 2.16. The molecule has 0 saturated carbocycles. The molecule has 0 bridgehead atoms. The zero-order valence-corrected chi connectivity index (χ0v) is 11.3. The molecule has 0 heterocycles. The highest BCUT2D eigenvalue weighted by Crippen LogP contribution is 2.36. The molecular weight excluding hydrogens is 277 g/mol. The number of hydrogen-bond acceptors (Lipinski definition) is 0. The number of benzene rings is 2. The number of rotatable bonds is 1. The summed E-state index contributed by atoms with van der Waals surface area (Å²) in [5.41, 5.74) is 1.63. The first-order chi connectivity index (χ1) is 8.41. The van der Waals surface area contributed by atoms with Crippen LogP contribution in [0, 0.1) is 25.5 Å². The number of halogens is 4. The van der Waals surface area contributed by atoms with Crippen molar-refractivity contribution in [3.63, 3.8) is 0 Å². The first-order valence-electron chi connectivity index (χ1n) is 5.32. The zero-order chi connectivity index (χ0) is 13.4. The Kier molecular flexibility index (Phi) is 3.60. The summed E-state index contributed by atoms with van der Waals surface area (Å²) in [4.78, 5) is 0. The van der Waals surface area contributed by atoms with Gasteiger partial charge in [-0.05, 0) is 48.7 Å². The maximum Gasteiger partial charge on any atom is 0.135 e. The van der Waals surface area contributed by atoms with Crippen LogP contribution in [0.15, 0.2) is 24.3 Å². The summed E-state index contributed by atoms with van der Waals surface area (Å²) in [7, 11) is 0. The topological polar surface area (TPSA) is 0 Å². The van der Waals surface area contributed by atoms with E-state index in [9.17, 15) is 8.78 Å². The van der Waals surface area contributed by atoms with E-state index in [4.69, 9.17) is 23.2 Å². The summed E-state index contributed by atoms with van der Waals surface area (Å²) in [6, 6.07) is 5.61. The molecule has 18 heavy (non-hydrogen) atoms. The van der Waals surface area contributed by atoms with Crippen molar-refractivity contribution in [1.82, 2.24) is 0 Å². The van der Waals surface area contributed by atoms with E-state index in [1.54, 1.807) is 26.0 Å². The van der Waals surface area contributed by atoms with Gasteiger partial charge in [0.15, 0.2) is 0 Å². The molecular formula is C14H10Cl2F2. The molecule has 0 nitrogen and oxygen atoms in total. The lowest BCUT2D eigenvalue weighted by molar-refractivity contribution is 0.619. The van der Waals surface area contributed by atoms with Crippen LogP contribution < -0.4 is 0 Å². The summed E-state index contributed by atoms with van der Waals surface area (Å²) < 4.78 is 27.5. The Morgan fingerprint density at radius 3 is 2.28 bits per heavy atom. The quantitative estimate of drug-likeness (QED) is 0.644. The molecule has 4 heteroatoms. The van der Waals surface area contributed by atoms with Crippen LogP contribution in [0.2, 0.25) is 10.0 Å². The molecule has 0 amide bonds. The lowest BCUT2D eigenvalue weighted by Gasteiger charge is -2.12. The molecule has 2 rings (SSSR count). The minimum absolute atomic E-state index is 0.190. The van der Waals surface area contributed by atoms with Gasteiger partial charge < -0.3 is 0 Å². The first-order valence-corrected chi connectivity index (χ1v) is 6.08. The summed E-state index contributed by atoms with van der Waals surface area (Å²) in [5, 5.41) is 0.491. The van der Waals surface area contributed by atoms with Crippen LogP contribution in [0.4, 0.5) is 8.78 Å². The lowest BCUT2D eigenvalue weighted by Crippen LogP contribution is -1.94. The average Bonchev–Trinajstić information content (AvgIpc) is 2.30. The van der Waals surface area contributed by atoms with Crippen molar-refractivity contribution < 1.29 is 8.78 Å².